The fourth-order valence-electron chi connectivity index (χ4n) is 2.70. The molecule has 1 heterocycles. The standard InChI is InChI=1S/C23H21N5O5/c1-27(2)18-10-8-16(9-11-18)14-20(25-22(29)17-6-4-3-5-7-17)23(30)26-24-15-19-12-13-21(33-19)28(31)32/h3-15H,1-2H3,(H,25,29)(H,26,30)/b20-14-,24-15+. The Morgan fingerprint density at radius 2 is 1.73 bits per heavy atom. The van der Waals surface area contributed by atoms with Gasteiger partial charge in [-0.15, -0.1) is 0 Å². The Morgan fingerprint density at radius 1 is 1.03 bits per heavy atom. The van der Waals surface area contributed by atoms with Crippen LogP contribution in [0.15, 0.2) is 81.9 Å². The van der Waals surface area contributed by atoms with Crippen molar-refractivity contribution in [3.05, 3.63) is 99.4 Å². The van der Waals surface area contributed by atoms with Crippen LogP contribution in [0, 0.1) is 10.1 Å². The summed E-state index contributed by atoms with van der Waals surface area (Å²) in [5.74, 6) is -1.51. The van der Waals surface area contributed by atoms with Gasteiger partial charge in [0, 0.05) is 25.3 Å². The van der Waals surface area contributed by atoms with Crippen molar-refractivity contribution >= 4 is 35.7 Å². The van der Waals surface area contributed by atoms with E-state index in [0.29, 0.717) is 11.1 Å². The van der Waals surface area contributed by atoms with Crippen molar-refractivity contribution in [3.8, 4) is 0 Å². The topological polar surface area (TPSA) is 130 Å². The van der Waals surface area contributed by atoms with E-state index in [4.69, 9.17) is 4.42 Å². The summed E-state index contributed by atoms with van der Waals surface area (Å²) in [6.45, 7) is 0. The van der Waals surface area contributed by atoms with E-state index in [9.17, 15) is 19.7 Å². The molecule has 2 aromatic carbocycles. The molecule has 168 valence electrons. The first-order valence-corrected chi connectivity index (χ1v) is 9.76. The average Bonchev–Trinajstić information content (AvgIpc) is 3.29. The summed E-state index contributed by atoms with van der Waals surface area (Å²) in [5.41, 5.74) is 4.29. The Labute approximate surface area is 189 Å². The number of hydrogen-bond acceptors (Lipinski definition) is 7. The minimum Gasteiger partial charge on any atom is -0.400 e. The van der Waals surface area contributed by atoms with Crippen LogP contribution in [0.1, 0.15) is 21.7 Å². The summed E-state index contributed by atoms with van der Waals surface area (Å²) < 4.78 is 4.95. The molecule has 0 saturated heterocycles. The molecule has 0 fully saturated rings. The lowest BCUT2D eigenvalue weighted by Gasteiger charge is -2.12. The Kier molecular flexibility index (Phi) is 7.32. The predicted octanol–water partition coefficient (Wildman–Crippen LogP) is 3.18. The van der Waals surface area contributed by atoms with Crippen LogP contribution in [0.25, 0.3) is 6.08 Å². The van der Waals surface area contributed by atoms with Crippen LogP contribution >= 0.6 is 0 Å². The number of hydrogen-bond donors (Lipinski definition) is 2. The van der Waals surface area contributed by atoms with Crippen molar-refractivity contribution in [2.45, 2.75) is 0 Å². The summed E-state index contributed by atoms with van der Waals surface area (Å²) in [4.78, 5) is 37.3. The summed E-state index contributed by atoms with van der Waals surface area (Å²) >= 11 is 0. The molecule has 0 aliphatic heterocycles. The second-order valence-corrected chi connectivity index (χ2v) is 7.00. The lowest BCUT2D eigenvalue weighted by Crippen LogP contribution is -2.32. The molecule has 0 radical (unpaired) electrons. The number of amides is 2. The molecule has 0 bridgehead atoms. The van der Waals surface area contributed by atoms with Crippen LogP contribution in [0.4, 0.5) is 11.6 Å². The number of hydrazone groups is 1. The van der Waals surface area contributed by atoms with Gasteiger partial charge in [-0.05, 0) is 42.0 Å². The normalized spacial score (nSPS) is 11.3. The lowest BCUT2D eigenvalue weighted by atomic mass is 10.1. The van der Waals surface area contributed by atoms with Crippen LogP contribution in [-0.4, -0.2) is 37.0 Å². The van der Waals surface area contributed by atoms with Gasteiger partial charge in [0.1, 0.15) is 10.6 Å². The SMILES string of the molecule is CN(C)c1ccc(/C=C(\NC(=O)c2ccccc2)C(=O)N/N=C/c2ccc([N+](=O)[O-])o2)cc1. The second kappa shape index (κ2) is 10.5. The average molecular weight is 447 g/mol. The first-order chi connectivity index (χ1) is 15.8. The molecule has 1 aromatic heterocycles. The highest BCUT2D eigenvalue weighted by atomic mass is 16.6. The van der Waals surface area contributed by atoms with Gasteiger partial charge < -0.3 is 14.6 Å². The van der Waals surface area contributed by atoms with Gasteiger partial charge in [-0.2, -0.15) is 5.10 Å². The summed E-state index contributed by atoms with van der Waals surface area (Å²) in [5, 5.41) is 17.0. The van der Waals surface area contributed by atoms with Gasteiger partial charge in [0.2, 0.25) is 0 Å². The molecule has 3 aromatic rings. The summed E-state index contributed by atoms with van der Waals surface area (Å²) in [6, 6.07) is 18.3. The van der Waals surface area contributed by atoms with Gasteiger partial charge in [0.15, 0.2) is 5.76 Å². The summed E-state index contributed by atoms with van der Waals surface area (Å²) in [6.07, 6.45) is 2.64. The van der Waals surface area contributed by atoms with E-state index in [0.717, 1.165) is 11.9 Å². The minimum absolute atomic E-state index is 0.0379. The number of carbonyl (C=O) groups is 2. The highest BCUT2D eigenvalue weighted by Gasteiger charge is 2.15. The van der Waals surface area contributed by atoms with Gasteiger partial charge >= 0.3 is 5.88 Å². The highest BCUT2D eigenvalue weighted by molar-refractivity contribution is 6.05. The number of rotatable bonds is 8. The number of anilines is 1. The molecule has 33 heavy (non-hydrogen) atoms. The molecule has 0 aliphatic carbocycles. The predicted molar refractivity (Wildman–Crippen MR) is 124 cm³/mol. The number of nitrogens with zero attached hydrogens (tertiary/aromatic N) is 3. The van der Waals surface area contributed by atoms with E-state index < -0.39 is 22.6 Å². The van der Waals surface area contributed by atoms with Crippen LogP contribution in [0.5, 0.6) is 0 Å². The monoisotopic (exact) mass is 447 g/mol. The molecule has 0 unspecified atom stereocenters. The van der Waals surface area contributed by atoms with Gasteiger partial charge in [-0.3, -0.25) is 19.7 Å². The zero-order valence-electron chi connectivity index (χ0n) is 17.9. The molecular weight excluding hydrogens is 426 g/mol. The van der Waals surface area contributed by atoms with Gasteiger partial charge in [0.25, 0.3) is 11.8 Å². The lowest BCUT2D eigenvalue weighted by molar-refractivity contribution is -0.402. The molecule has 0 spiro atoms. The third kappa shape index (κ3) is 6.37. The smallest absolute Gasteiger partial charge is 0.400 e. The summed E-state index contributed by atoms with van der Waals surface area (Å²) in [7, 11) is 3.82. The van der Waals surface area contributed by atoms with Crippen molar-refractivity contribution in [1.29, 1.82) is 0 Å². The Morgan fingerprint density at radius 3 is 2.33 bits per heavy atom. The number of benzene rings is 2. The third-order valence-corrected chi connectivity index (χ3v) is 4.40. The molecule has 0 aliphatic rings. The van der Waals surface area contributed by atoms with Crippen molar-refractivity contribution < 1.29 is 18.9 Å². The Bertz CT molecular complexity index is 1200. The second-order valence-electron chi connectivity index (χ2n) is 7.00. The van der Waals surface area contributed by atoms with E-state index in [1.807, 2.05) is 43.3 Å². The van der Waals surface area contributed by atoms with Crippen molar-refractivity contribution in [3.63, 3.8) is 0 Å². The molecule has 10 nitrogen and oxygen atoms in total. The number of carbonyl (C=O) groups excluding carboxylic acids is 2. The zero-order chi connectivity index (χ0) is 23.8. The first-order valence-electron chi connectivity index (χ1n) is 9.76. The fraction of sp³-hybridized carbons (Fsp3) is 0.0870. The maximum Gasteiger partial charge on any atom is 0.433 e. The fourth-order valence-corrected chi connectivity index (χ4v) is 2.70. The van der Waals surface area contributed by atoms with Crippen molar-refractivity contribution in [2.75, 3.05) is 19.0 Å². The van der Waals surface area contributed by atoms with Crippen LogP contribution in [-0.2, 0) is 4.79 Å². The van der Waals surface area contributed by atoms with Crippen molar-refractivity contribution in [2.24, 2.45) is 5.10 Å². The highest BCUT2D eigenvalue weighted by Crippen LogP contribution is 2.15. The Hall–Kier alpha value is -4.73. The number of nitro groups is 1. The zero-order valence-corrected chi connectivity index (χ0v) is 17.9. The molecule has 2 N–H and O–H groups in total. The maximum atomic E-state index is 12.7. The Balaban J connectivity index is 1.80. The first kappa shape index (κ1) is 22.9. The van der Waals surface area contributed by atoms with E-state index >= 15 is 0 Å². The largest absolute Gasteiger partial charge is 0.433 e. The van der Waals surface area contributed by atoms with Crippen molar-refractivity contribution in [1.82, 2.24) is 10.7 Å². The molecule has 0 atom stereocenters. The minimum atomic E-state index is -0.687. The van der Waals surface area contributed by atoms with Crippen LogP contribution in [0.2, 0.25) is 0 Å². The molecule has 2 amide bonds. The van der Waals surface area contributed by atoms with Gasteiger partial charge in [-0.25, -0.2) is 5.43 Å². The number of nitrogens with one attached hydrogen (secondary N) is 2. The van der Waals surface area contributed by atoms with E-state index in [-0.39, 0.29) is 11.5 Å². The van der Waals surface area contributed by atoms with E-state index in [1.165, 1.54) is 18.2 Å². The number of furan rings is 1. The molecular formula is C23H21N5O5. The van der Waals surface area contributed by atoms with E-state index in [1.54, 1.807) is 30.3 Å². The van der Waals surface area contributed by atoms with E-state index in [2.05, 4.69) is 15.8 Å². The quantitative estimate of drug-likeness (QED) is 0.236. The van der Waals surface area contributed by atoms with Gasteiger partial charge in [-0.1, -0.05) is 30.3 Å². The van der Waals surface area contributed by atoms with Crippen LogP contribution < -0.4 is 15.6 Å². The molecule has 10 heteroatoms. The van der Waals surface area contributed by atoms with Crippen LogP contribution in [0.3, 0.4) is 0 Å². The molecule has 3 rings (SSSR count). The van der Waals surface area contributed by atoms with Gasteiger partial charge in [0.05, 0.1) is 12.3 Å². The molecule has 0 saturated carbocycles. The third-order valence-electron chi connectivity index (χ3n) is 4.40. The maximum absolute atomic E-state index is 12.7.